The van der Waals surface area contributed by atoms with Crippen molar-refractivity contribution in [1.82, 2.24) is 25.8 Å². The van der Waals surface area contributed by atoms with E-state index in [-0.39, 0.29) is 41.1 Å². The molecule has 0 radical (unpaired) electrons. The number of carbonyl (C=O) groups excluding carboxylic acids is 3. The van der Waals surface area contributed by atoms with Gasteiger partial charge in [0.1, 0.15) is 12.1 Å². The van der Waals surface area contributed by atoms with Gasteiger partial charge >= 0.3 is 18.0 Å². The highest BCUT2D eigenvalue weighted by Crippen LogP contribution is 2.21. The molecular formula is C59H108N8O5. The van der Waals surface area contributed by atoms with Crippen LogP contribution >= 0.6 is 0 Å². The van der Waals surface area contributed by atoms with Crippen LogP contribution in [0.5, 0.6) is 0 Å². The van der Waals surface area contributed by atoms with E-state index in [1.165, 1.54) is 28.0 Å². The maximum Gasteiger partial charge on any atom is 0.326 e. The van der Waals surface area contributed by atoms with Crippen molar-refractivity contribution in [2.24, 2.45) is 17.6 Å². The zero-order chi connectivity index (χ0) is 53.3. The largest absolute Gasteiger partial charge is 0.480 e. The number of allylic oxidation sites excluding steroid dienone is 2. The number of hydrogen-bond donors (Lipinski definition) is 5. The summed E-state index contributed by atoms with van der Waals surface area (Å²) < 4.78 is 0. The molecule has 0 unspecified atom stereocenters. The second-order valence-electron chi connectivity index (χ2n) is 22.8. The van der Waals surface area contributed by atoms with Gasteiger partial charge in [-0.1, -0.05) is 119 Å². The molecule has 2 aromatic rings. The summed E-state index contributed by atoms with van der Waals surface area (Å²) >= 11 is 0. The van der Waals surface area contributed by atoms with Crippen LogP contribution in [0.15, 0.2) is 71.8 Å². The van der Waals surface area contributed by atoms with Crippen LogP contribution in [0.1, 0.15) is 170 Å². The van der Waals surface area contributed by atoms with E-state index >= 15 is 0 Å². The Bertz CT molecular complexity index is 1950. The number of carboxylic acid groups (broad SMARTS) is 1. The van der Waals surface area contributed by atoms with Crippen LogP contribution in [0.25, 0.3) is 0 Å². The van der Waals surface area contributed by atoms with Crippen LogP contribution in [0.2, 0.25) is 0 Å². The average molecular weight is 1010 g/mol. The number of nitrogens with zero attached hydrogens (tertiary/aromatic N) is 4. The Labute approximate surface area is 442 Å². The van der Waals surface area contributed by atoms with Gasteiger partial charge in [0.2, 0.25) is 5.91 Å². The maximum atomic E-state index is 13.4. The van der Waals surface area contributed by atoms with Gasteiger partial charge < -0.3 is 46.4 Å². The Kier molecular flexibility index (Phi) is 29.7. The molecular weight excluding hydrogens is 901 g/mol. The summed E-state index contributed by atoms with van der Waals surface area (Å²) in [6.45, 7) is 35.1. The number of likely N-dealkylation sites (tertiary alicyclic amines) is 2. The smallest absolute Gasteiger partial charge is 0.326 e. The molecule has 4 rings (SSSR count). The Morgan fingerprint density at radius 3 is 1.31 bits per heavy atom. The van der Waals surface area contributed by atoms with Crippen molar-refractivity contribution in [3.63, 3.8) is 0 Å². The minimum absolute atomic E-state index is 0. The summed E-state index contributed by atoms with van der Waals surface area (Å²) in [6, 6.07) is 15.5. The molecule has 0 aromatic heterocycles. The summed E-state index contributed by atoms with van der Waals surface area (Å²) in [5.41, 5.74) is 12.9. The molecule has 2 heterocycles. The number of amides is 5. The molecule has 5 amide bonds. The lowest BCUT2D eigenvalue weighted by Gasteiger charge is -2.36. The third-order valence-corrected chi connectivity index (χ3v) is 12.3. The van der Waals surface area contributed by atoms with E-state index in [9.17, 15) is 19.2 Å². The molecule has 13 nitrogen and oxygen atoms in total. The second kappa shape index (κ2) is 32.9. The normalized spacial score (nSPS) is 14.8. The van der Waals surface area contributed by atoms with Crippen molar-refractivity contribution in [3.8, 4) is 0 Å². The first kappa shape index (κ1) is 65.0. The van der Waals surface area contributed by atoms with Crippen LogP contribution in [0.4, 0.5) is 21.0 Å². The minimum atomic E-state index is -0.952. The van der Waals surface area contributed by atoms with Crippen molar-refractivity contribution in [3.05, 3.63) is 83.0 Å². The Hall–Kier alpha value is -5.04. The van der Waals surface area contributed by atoms with Gasteiger partial charge in [-0.05, 0) is 144 Å². The van der Waals surface area contributed by atoms with Gasteiger partial charge in [-0.15, -0.1) is 0 Å². The Balaban J connectivity index is -0.00000110. The molecule has 0 bridgehead atoms. The molecule has 72 heavy (non-hydrogen) atoms. The first-order valence-electron chi connectivity index (χ1n) is 26.6. The lowest BCUT2D eigenvalue weighted by atomic mass is 9.99. The van der Waals surface area contributed by atoms with E-state index in [0.717, 1.165) is 103 Å². The van der Waals surface area contributed by atoms with E-state index in [1.807, 2.05) is 18.7 Å². The van der Waals surface area contributed by atoms with Crippen molar-refractivity contribution < 1.29 is 28.6 Å². The van der Waals surface area contributed by atoms with Gasteiger partial charge in [-0.25, -0.2) is 14.4 Å². The Morgan fingerprint density at radius 1 is 0.625 bits per heavy atom. The fraction of sp³-hybridized carbons (Fsp3) is 0.661. The average Bonchev–Trinajstić information content (AvgIpc) is 3.73. The number of nitrogens with one attached hydrogen (secondary N) is 3. The number of anilines is 2. The van der Waals surface area contributed by atoms with Crippen LogP contribution in [0.3, 0.4) is 0 Å². The van der Waals surface area contributed by atoms with E-state index < -0.39 is 23.6 Å². The molecule has 2 atom stereocenters. The van der Waals surface area contributed by atoms with Gasteiger partial charge in [0.05, 0.1) is 5.54 Å². The number of urea groups is 2. The molecule has 2 aliphatic heterocycles. The molecule has 0 spiro atoms. The molecule has 2 saturated heterocycles. The number of aryl methyl sites for hydroxylation is 2. The zero-order valence-electron chi connectivity index (χ0n) is 46.8. The summed E-state index contributed by atoms with van der Waals surface area (Å²) in [4.78, 5) is 57.7. The van der Waals surface area contributed by atoms with Crippen LogP contribution in [0, 0.1) is 25.7 Å². The molecule has 6 N–H and O–H groups in total. The van der Waals surface area contributed by atoms with E-state index in [0.29, 0.717) is 25.3 Å². The van der Waals surface area contributed by atoms with Gasteiger partial charge in [-0.2, -0.15) is 0 Å². The SMILES string of the molecule is C.CC(C)=CCN(CC(C)(C)N)c1ccc(C)cc1.CC(C)=CCN(CC(C)(C)NC(=O)[C@H](CC(C)C)NC(=O)N1CCCCCC1)c1ccc(C)cc1.CC(C)C[C@H](NC(=O)N1CCCCCC1)C(=O)O.[HH].[HH].[HH]. The zero-order valence-corrected chi connectivity index (χ0v) is 46.8. The van der Waals surface area contributed by atoms with Crippen molar-refractivity contribution >= 4 is 35.3 Å². The topological polar surface area (TPSA) is 164 Å². The monoisotopic (exact) mass is 1010 g/mol. The second-order valence-corrected chi connectivity index (χ2v) is 22.8. The third kappa shape index (κ3) is 27.7. The van der Waals surface area contributed by atoms with E-state index in [4.69, 9.17) is 10.8 Å². The number of rotatable bonds is 19. The highest BCUT2D eigenvalue weighted by atomic mass is 16.4. The first-order chi connectivity index (χ1) is 33.2. The number of carboxylic acids is 1. The fourth-order valence-corrected chi connectivity index (χ4v) is 8.47. The molecule has 0 saturated carbocycles. The predicted octanol–water partition coefficient (Wildman–Crippen LogP) is 12.6. The standard InChI is InChI=1S/C29H48N4O2.C16H26N2.C13H24N2O3.CH4.3H2/c1-22(2)16-19-33(25-14-12-24(5)13-15-25)21-29(6,7)31-27(34)26(20-23(3)4)30-28(35)32-17-10-8-9-11-18-32;1-13(2)10-11-18(12-16(4,5)17)15-8-6-14(3)7-9-15;1-10(2)9-11(12(16)17)14-13(18)15-7-5-3-4-6-8-15;;;;/h12-16,23,26H,8-11,17-21H2,1-7H3,(H,30,35)(H,31,34);6-10H,11-12,17H2,1-5H3;10-11H,3-9H2,1-2H3,(H,14,18)(H,16,17);1H4;3*1H/t26-;;11-;;;;/m0.0..../s1. The van der Waals surface area contributed by atoms with Gasteiger partial charge in [0.25, 0.3) is 0 Å². The predicted molar refractivity (Wildman–Crippen MR) is 310 cm³/mol. The number of carbonyl (C=O) groups is 4. The highest BCUT2D eigenvalue weighted by molar-refractivity contribution is 5.87. The van der Waals surface area contributed by atoms with Crippen LogP contribution < -0.4 is 31.5 Å². The third-order valence-electron chi connectivity index (χ3n) is 12.3. The first-order valence-corrected chi connectivity index (χ1v) is 26.6. The number of benzene rings is 2. The van der Waals surface area contributed by atoms with Crippen molar-refractivity contribution in [1.29, 1.82) is 0 Å². The number of hydrogen-bond acceptors (Lipinski definition) is 7. The maximum absolute atomic E-state index is 13.4. The summed E-state index contributed by atoms with van der Waals surface area (Å²) in [7, 11) is 0. The van der Waals surface area contributed by atoms with E-state index in [1.54, 1.807) is 4.90 Å². The van der Waals surface area contributed by atoms with Crippen LogP contribution in [-0.2, 0) is 9.59 Å². The lowest BCUT2D eigenvalue weighted by Crippen LogP contribution is -2.58. The van der Waals surface area contributed by atoms with Crippen molar-refractivity contribution in [2.45, 2.75) is 192 Å². The van der Waals surface area contributed by atoms with Crippen LogP contribution in [-0.4, -0.2) is 114 Å². The fourth-order valence-electron chi connectivity index (χ4n) is 8.47. The Morgan fingerprint density at radius 2 is 0.972 bits per heavy atom. The molecule has 0 aliphatic carbocycles. The lowest BCUT2D eigenvalue weighted by molar-refractivity contribution is -0.139. The molecule has 414 valence electrons. The minimum Gasteiger partial charge on any atom is -0.480 e. The summed E-state index contributed by atoms with van der Waals surface area (Å²) in [5.74, 6) is -0.527. The van der Waals surface area contributed by atoms with E-state index in [2.05, 4.69) is 170 Å². The molecule has 13 heteroatoms. The highest BCUT2D eigenvalue weighted by Gasteiger charge is 2.31. The molecule has 2 fully saturated rings. The van der Waals surface area contributed by atoms with Gasteiger partial charge in [-0.3, -0.25) is 4.79 Å². The molecule has 2 aliphatic rings. The van der Waals surface area contributed by atoms with Crippen molar-refractivity contribution in [2.75, 3.05) is 62.2 Å². The van der Waals surface area contributed by atoms with Gasteiger partial charge in [0.15, 0.2) is 0 Å². The quantitative estimate of drug-likeness (QED) is 0.0868. The summed E-state index contributed by atoms with van der Waals surface area (Å²) in [5, 5.41) is 18.0. The number of aliphatic carboxylic acids is 1. The number of nitrogens with two attached hydrogens (primary N) is 1. The summed E-state index contributed by atoms with van der Waals surface area (Å²) in [6.07, 6.45) is 14.2. The molecule has 2 aromatic carbocycles. The van der Waals surface area contributed by atoms with Gasteiger partial charge in [0, 0.05) is 73.6 Å².